The van der Waals surface area contributed by atoms with E-state index in [1.54, 1.807) is 7.11 Å². The Kier molecular flexibility index (Phi) is 5.45. The maximum absolute atomic E-state index is 5.35. The number of rotatable bonds is 6. The molecule has 1 unspecified atom stereocenters. The van der Waals surface area contributed by atoms with Gasteiger partial charge in [-0.3, -0.25) is 0 Å². The van der Waals surface area contributed by atoms with Crippen LogP contribution < -0.4 is 10.1 Å². The highest BCUT2D eigenvalue weighted by Gasteiger charge is 2.07. The van der Waals surface area contributed by atoms with Crippen molar-refractivity contribution in [2.24, 2.45) is 0 Å². The molecule has 86 valence electrons. The first-order valence-electron chi connectivity index (χ1n) is 5.60. The summed E-state index contributed by atoms with van der Waals surface area (Å²) in [5.41, 5.74) is 1.25. The number of likely N-dealkylation sites (N-methyl/N-ethyl adjacent to an activating group) is 1. The highest BCUT2D eigenvalue weighted by Crippen LogP contribution is 2.14. The van der Waals surface area contributed by atoms with Gasteiger partial charge in [0.05, 0.1) is 7.11 Å². The number of methoxy groups -OCH3 is 1. The van der Waals surface area contributed by atoms with Gasteiger partial charge < -0.3 is 10.1 Å². The van der Waals surface area contributed by atoms with Gasteiger partial charge in [0.25, 0.3) is 0 Å². The summed E-state index contributed by atoms with van der Waals surface area (Å²) in [6, 6.07) is 8.46. The molecule has 0 aromatic heterocycles. The van der Waals surface area contributed by atoms with Crippen molar-refractivity contribution in [1.29, 1.82) is 0 Å². The molecule has 2 nitrogen and oxygen atoms in total. The normalized spacial score (nSPS) is 11.8. The minimum Gasteiger partial charge on any atom is -0.497 e. The summed E-state index contributed by atoms with van der Waals surface area (Å²) in [5.74, 6) is 3.60. The van der Waals surface area contributed by atoms with E-state index in [0.29, 0.717) is 6.04 Å². The fourth-order valence-corrected chi connectivity index (χ4v) is 1.73. The fourth-order valence-electron chi connectivity index (χ4n) is 1.73. The van der Waals surface area contributed by atoms with Gasteiger partial charge >= 0.3 is 0 Å². The Morgan fingerprint density at radius 3 is 2.94 bits per heavy atom. The molecule has 0 radical (unpaired) electrons. The quantitative estimate of drug-likeness (QED) is 0.738. The van der Waals surface area contributed by atoms with E-state index in [1.807, 2.05) is 12.1 Å². The van der Waals surface area contributed by atoms with Crippen LogP contribution in [0.15, 0.2) is 24.3 Å². The summed E-state index contributed by atoms with van der Waals surface area (Å²) < 4.78 is 5.20. The van der Waals surface area contributed by atoms with Gasteiger partial charge in [-0.1, -0.05) is 19.1 Å². The second-order valence-electron chi connectivity index (χ2n) is 3.72. The topological polar surface area (TPSA) is 21.3 Å². The van der Waals surface area contributed by atoms with Gasteiger partial charge in [0, 0.05) is 12.5 Å². The van der Waals surface area contributed by atoms with Gasteiger partial charge in [-0.25, -0.2) is 0 Å². The molecule has 0 aliphatic carbocycles. The third-order valence-electron chi connectivity index (χ3n) is 2.47. The molecule has 0 spiro atoms. The van der Waals surface area contributed by atoms with Crippen LogP contribution in [0.3, 0.4) is 0 Å². The van der Waals surface area contributed by atoms with E-state index in [2.05, 4.69) is 30.3 Å². The zero-order chi connectivity index (χ0) is 11.8. The van der Waals surface area contributed by atoms with Crippen LogP contribution in [0, 0.1) is 12.3 Å². The molecule has 1 aromatic rings. The van der Waals surface area contributed by atoms with E-state index in [4.69, 9.17) is 11.2 Å². The lowest BCUT2D eigenvalue weighted by molar-refractivity contribution is 0.414. The average molecular weight is 217 g/mol. The molecule has 0 fully saturated rings. The lowest BCUT2D eigenvalue weighted by Crippen LogP contribution is -2.30. The maximum Gasteiger partial charge on any atom is 0.119 e. The Bertz CT molecular complexity index is 354. The van der Waals surface area contributed by atoms with Crippen molar-refractivity contribution in [2.45, 2.75) is 25.8 Å². The molecule has 0 saturated carbocycles. The summed E-state index contributed by atoms with van der Waals surface area (Å²) in [5, 5.41) is 3.39. The highest BCUT2D eigenvalue weighted by molar-refractivity contribution is 5.29. The Labute approximate surface area is 98.0 Å². The van der Waals surface area contributed by atoms with E-state index in [1.165, 1.54) is 5.56 Å². The molecule has 0 amide bonds. The number of benzene rings is 1. The van der Waals surface area contributed by atoms with Gasteiger partial charge in [-0.2, -0.15) is 0 Å². The second kappa shape index (κ2) is 6.92. The van der Waals surface area contributed by atoms with Crippen LogP contribution in [-0.2, 0) is 6.42 Å². The predicted octanol–water partition coefficient (Wildman–Crippen LogP) is 2.24. The second-order valence-corrected chi connectivity index (χ2v) is 3.72. The van der Waals surface area contributed by atoms with Crippen molar-refractivity contribution in [2.75, 3.05) is 13.7 Å². The van der Waals surface area contributed by atoms with Crippen molar-refractivity contribution < 1.29 is 4.74 Å². The lowest BCUT2D eigenvalue weighted by atomic mass is 10.0. The largest absolute Gasteiger partial charge is 0.497 e. The highest BCUT2D eigenvalue weighted by atomic mass is 16.5. The molecule has 1 atom stereocenters. The summed E-state index contributed by atoms with van der Waals surface area (Å²) in [6.07, 6.45) is 7.05. The van der Waals surface area contributed by atoms with Crippen molar-refractivity contribution in [3.8, 4) is 18.1 Å². The van der Waals surface area contributed by atoms with E-state index in [-0.39, 0.29) is 0 Å². The number of ether oxygens (including phenoxy) is 1. The molecule has 0 aliphatic rings. The molecular weight excluding hydrogens is 198 g/mol. The predicted molar refractivity (Wildman–Crippen MR) is 67.6 cm³/mol. The number of hydrogen-bond donors (Lipinski definition) is 1. The first-order chi connectivity index (χ1) is 7.80. The summed E-state index contributed by atoms with van der Waals surface area (Å²) in [6.45, 7) is 3.03. The van der Waals surface area contributed by atoms with Gasteiger partial charge in [0.15, 0.2) is 0 Å². The first kappa shape index (κ1) is 12.6. The van der Waals surface area contributed by atoms with Crippen LogP contribution in [0.5, 0.6) is 5.75 Å². The van der Waals surface area contributed by atoms with Gasteiger partial charge in [-0.15, -0.1) is 12.3 Å². The molecule has 1 aromatic carbocycles. The molecule has 0 saturated heterocycles. The minimum atomic E-state index is 0.349. The molecule has 1 N–H and O–H groups in total. The molecular formula is C14H19NO. The third-order valence-corrected chi connectivity index (χ3v) is 2.47. The average Bonchev–Trinajstić information content (AvgIpc) is 2.30. The first-order valence-corrected chi connectivity index (χ1v) is 5.60. The van der Waals surface area contributed by atoms with Crippen molar-refractivity contribution >= 4 is 0 Å². The van der Waals surface area contributed by atoms with E-state index < -0.39 is 0 Å². The van der Waals surface area contributed by atoms with Gasteiger partial charge in [0.1, 0.15) is 5.75 Å². The van der Waals surface area contributed by atoms with E-state index in [0.717, 1.165) is 25.1 Å². The van der Waals surface area contributed by atoms with Crippen molar-refractivity contribution in [3.05, 3.63) is 29.8 Å². The maximum atomic E-state index is 5.35. The van der Waals surface area contributed by atoms with Crippen LogP contribution in [0.1, 0.15) is 18.9 Å². The minimum absolute atomic E-state index is 0.349. The molecule has 1 rings (SSSR count). The molecule has 16 heavy (non-hydrogen) atoms. The molecule has 2 heteroatoms. The summed E-state index contributed by atoms with van der Waals surface area (Å²) >= 11 is 0. The Hall–Kier alpha value is -1.46. The number of nitrogens with one attached hydrogen (secondary N) is 1. The molecule has 0 heterocycles. The van der Waals surface area contributed by atoms with Gasteiger partial charge in [-0.05, 0) is 30.7 Å². The van der Waals surface area contributed by atoms with Crippen LogP contribution in [-0.4, -0.2) is 19.7 Å². The summed E-state index contributed by atoms with van der Waals surface area (Å²) in [7, 11) is 1.68. The standard InChI is InChI=1S/C14H19NO/c1-4-7-13(15-5-2)10-12-8-6-9-14(11-12)16-3/h1,6,8-9,11,13,15H,5,7,10H2,2-3H3. The Morgan fingerprint density at radius 1 is 1.50 bits per heavy atom. The monoisotopic (exact) mass is 217 g/mol. The Balaban J connectivity index is 2.65. The number of hydrogen-bond acceptors (Lipinski definition) is 2. The van der Waals surface area contributed by atoms with Crippen LogP contribution in [0.2, 0.25) is 0 Å². The van der Waals surface area contributed by atoms with E-state index >= 15 is 0 Å². The molecule has 0 bridgehead atoms. The third kappa shape index (κ3) is 3.96. The van der Waals surface area contributed by atoms with Crippen molar-refractivity contribution in [1.82, 2.24) is 5.32 Å². The lowest BCUT2D eigenvalue weighted by Gasteiger charge is -2.15. The van der Waals surface area contributed by atoms with Gasteiger partial charge in [0.2, 0.25) is 0 Å². The zero-order valence-corrected chi connectivity index (χ0v) is 9.99. The van der Waals surface area contributed by atoms with E-state index in [9.17, 15) is 0 Å². The van der Waals surface area contributed by atoms with Crippen LogP contribution >= 0.6 is 0 Å². The number of terminal acetylenes is 1. The van der Waals surface area contributed by atoms with Crippen molar-refractivity contribution in [3.63, 3.8) is 0 Å². The molecule has 0 aliphatic heterocycles. The zero-order valence-electron chi connectivity index (χ0n) is 9.99. The van der Waals surface area contributed by atoms with Crippen LogP contribution in [0.4, 0.5) is 0 Å². The fraction of sp³-hybridized carbons (Fsp3) is 0.429. The smallest absolute Gasteiger partial charge is 0.119 e. The summed E-state index contributed by atoms with van der Waals surface area (Å²) in [4.78, 5) is 0. The Morgan fingerprint density at radius 2 is 2.31 bits per heavy atom. The SMILES string of the molecule is C#CCC(Cc1cccc(OC)c1)NCC. The van der Waals surface area contributed by atoms with Crippen LogP contribution in [0.25, 0.3) is 0 Å².